The molecule has 0 aliphatic carbocycles. The molecule has 2 heterocycles. The van der Waals surface area contributed by atoms with Crippen molar-refractivity contribution in [1.29, 1.82) is 0 Å². The minimum absolute atomic E-state index is 0.0211. The van der Waals surface area contributed by atoms with Crippen molar-refractivity contribution in [3.8, 4) is 5.75 Å². The molecule has 2 fully saturated rings. The zero-order valence-corrected chi connectivity index (χ0v) is 22.7. The topological polar surface area (TPSA) is 82.7 Å². The number of benzene rings is 2. The molecular formula is C26H28Cl2F4N4O3. The van der Waals surface area contributed by atoms with Crippen LogP contribution in [0.25, 0.3) is 0 Å². The maximum atomic E-state index is 15.1. The number of carbonyl (C=O) groups excluding carboxylic acids is 2. The SMILES string of the molecule is CC(C)(Oc1ccc(Cl)cc1Cl)C(=O)N[C@H]1C[C@H]2CC[C@@H](C1)N2c1ccc(NC(=O)NCC(F)(F)F)cc1F. The van der Waals surface area contributed by atoms with E-state index in [4.69, 9.17) is 27.9 Å². The van der Waals surface area contributed by atoms with Gasteiger partial charge in [-0.15, -0.1) is 0 Å². The van der Waals surface area contributed by atoms with Crippen molar-refractivity contribution in [2.24, 2.45) is 0 Å². The second kappa shape index (κ2) is 11.3. The van der Waals surface area contributed by atoms with E-state index in [1.165, 1.54) is 18.2 Å². The predicted octanol–water partition coefficient (Wildman–Crippen LogP) is 6.29. The van der Waals surface area contributed by atoms with Crippen molar-refractivity contribution in [2.45, 2.75) is 69.4 Å². The van der Waals surface area contributed by atoms with Crippen LogP contribution < -0.4 is 25.6 Å². The Morgan fingerprint density at radius 1 is 1.05 bits per heavy atom. The van der Waals surface area contributed by atoms with Gasteiger partial charge in [0.2, 0.25) is 0 Å². The van der Waals surface area contributed by atoms with Crippen LogP contribution in [0.5, 0.6) is 5.75 Å². The molecule has 4 rings (SSSR count). The van der Waals surface area contributed by atoms with Crippen molar-refractivity contribution in [2.75, 3.05) is 16.8 Å². The van der Waals surface area contributed by atoms with E-state index in [9.17, 15) is 22.8 Å². The van der Waals surface area contributed by atoms with Crippen LogP contribution in [-0.2, 0) is 4.79 Å². The van der Waals surface area contributed by atoms with Crippen LogP contribution in [0, 0.1) is 5.82 Å². The van der Waals surface area contributed by atoms with Gasteiger partial charge in [0.15, 0.2) is 5.60 Å². The van der Waals surface area contributed by atoms with Crippen molar-refractivity contribution < 1.29 is 31.9 Å². The first-order valence-corrected chi connectivity index (χ1v) is 13.1. The summed E-state index contributed by atoms with van der Waals surface area (Å²) in [7, 11) is 0. The molecule has 2 aliphatic rings. The molecular weight excluding hydrogens is 563 g/mol. The van der Waals surface area contributed by atoms with E-state index in [1.54, 1.807) is 31.3 Å². The number of nitrogens with one attached hydrogen (secondary N) is 3. The second-order valence-electron chi connectivity index (χ2n) is 10.2. The maximum absolute atomic E-state index is 15.1. The van der Waals surface area contributed by atoms with E-state index in [1.807, 2.05) is 4.90 Å². The Kier molecular flexibility index (Phi) is 8.41. The van der Waals surface area contributed by atoms with E-state index in [0.717, 1.165) is 18.9 Å². The van der Waals surface area contributed by atoms with Gasteiger partial charge >= 0.3 is 12.2 Å². The van der Waals surface area contributed by atoms with Gasteiger partial charge in [0.25, 0.3) is 5.91 Å². The molecule has 13 heteroatoms. The smallest absolute Gasteiger partial charge is 0.405 e. The standard InChI is InChI=1S/C26H28Cl2F4N4O3/c1-25(2,39-22-8-3-14(27)9-19(22)28)23(37)34-16-10-17-5-6-18(11-16)36(17)21-7-4-15(12-20(21)29)35-24(38)33-13-26(30,31)32/h3-4,7-9,12,16-18H,5-6,10-11,13H2,1-2H3,(H,34,37)(H2,33,35,38)/t16-,17+,18-. The second-order valence-corrected chi connectivity index (χ2v) is 11.1. The minimum atomic E-state index is -4.55. The fourth-order valence-corrected chi connectivity index (χ4v) is 5.52. The van der Waals surface area contributed by atoms with Crippen molar-refractivity contribution in [3.63, 3.8) is 0 Å². The number of urea groups is 1. The van der Waals surface area contributed by atoms with Gasteiger partial charge in [0.05, 0.1) is 10.7 Å². The first-order chi connectivity index (χ1) is 18.2. The Hall–Kier alpha value is -2.92. The number of ether oxygens (including phenoxy) is 1. The van der Waals surface area contributed by atoms with Crippen LogP contribution >= 0.6 is 23.2 Å². The summed E-state index contributed by atoms with van der Waals surface area (Å²) in [5.74, 6) is -0.573. The maximum Gasteiger partial charge on any atom is 0.405 e. The Balaban J connectivity index is 1.36. The lowest BCUT2D eigenvalue weighted by Gasteiger charge is -2.41. The summed E-state index contributed by atoms with van der Waals surface area (Å²) in [6.07, 6.45) is -1.73. The monoisotopic (exact) mass is 590 g/mol. The number of halogens is 6. The average Bonchev–Trinajstić information content (AvgIpc) is 3.08. The molecule has 0 saturated carbocycles. The number of anilines is 2. The summed E-state index contributed by atoms with van der Waals surface area (Å²) >= 11 is 12.1. The van der Waals surface area contributed by atoms with Gasteiger partial charge in [-0.3, -0.25) is 4.79 Å². The van der Waals surface area contributed by atoms with Crippen molar-refractivity contribution >= 4 is 46.5 Å². The van der Waals surface area contributed by atoms with E-state index in [-0.39, 0.29) is 29.7 Å². The highest BCUT2D eigenvalue weighted by atomic mass is 35.5. The Morgan fingerprint density at radius 2 is 1.72 bits per heavy atom. The molecule has 2 saturated heterocycles. The van der Waals surface area contributed by atoms with Gasteiger partial charge in [-0.25, -0.2) is 9.18 Å². The molecule has 0 unspecified atom stereocenters. The Labute approximate surface area is 233 Å². The minimum Gasteiger partial charge on any atom is -0.476 e. The van der Waals surface area contributed by atoms with Gasteiger partial charge in [-0.2, -0.15) is 13.2 Å². The van der Waals surface area contributed by atoms with Crippen LogP contribution in [0.15, 0.2) is 36.4 Å². The fraction of sp³-hybridized carbons (Fsp3) is 0.462. The average molecular weight is 591 g/mol. The predicted molar refractivity (Wildman–Crippen MR) is 141 cm³/mol. The number of hydrogen-bond acceptors (Lipinski definition) is 4. The lowest BCUT2D eigenvalue weighted by atomic mass is 9.95. The lowest BCUT2D eigenvalue weighted by Crippen LogP contribution is -2.55. The van der Waals surface area contributed by atoms with Crippen molar-refractivity contribution in [3.05, 3.63) is 52.3 Å². The third-order valence-electron chi connectivity index (χ3n) is 6.81. The van der Waals surface area contributed by atoms with Crippen LogP contribution in [0.4, 0.5) is 33.7 Å². The summed E-state index contributed by atoms with van der Waals surface area (Å²) in [5, 5.41) is 7.69. The summed E-state index contributed by atoms with van der Waals surface area (Å²) in [5.41, 5.74) is -0.836. The molecule has 7 nitrogen and oxygen atoms in total. The third-order valence-corrected chi connectivity index (χ3v) is 7.34. The lowest BCUT2D eigenvalue weighted by molar-refractivity contribution is -0.135. The molecule has 0 radical (unpaired) electrons. The highest BCUT2D eigenvalue weighted by Crippen LogP contribution is 2.41. The van der Waals surface area contributed by atoms with E-state index in [2.05, 4.69) is 10.6 Å². The number of carbonyl (C=O) groups is 2. The van der Waals surface area contributed by atoms with E-state index >= 15 is 4.39 Å². The first kappa shape index (κ1) is 29.1. The van der Waals surface area contributed by atoms with Gasteiger partial charge < -0.3 is 25.6 Å². The van der Waals surface area contributed by atoms with E-state index < -0.39 is 30.2 Å². The summed E-state index contributed by atoms with van der Waals surface area (Å²) in [6.45, 7) is 1.79. The molecule has 2 bridgehead atoms. The quantitative estimate of drug-likeness (QED) is 0.331. The number of nitrogens with zero attached hydrogens (tertiary/aromatic N) is 1. The Morgan fingerprint density at radius 3 is 2.31 bits per heavy atom. The highest BCUT2D eigenvalue weighted by molar-refractivity contribution is 6.35. The highest BCUT2D eigenvalue weighted by Gasteiger charge is 2.43. The number of amides is 3. The molecule has 212 valence electrons. The molecule has 0 spiro atoms. The fourth-order valence-electron chi connectivity index (χ4n) is 5.08. The van der Waals surface area contributed by atoms with Gasteiger partial charge in [0, 0.05) is 28.8 Å². The number of rotatable bonds is 7. The summed E-state index contributed by atoms with van der Waals surface area (Å²) < 4.78 is 57.8. The van der Waals surface area contributed by atoms with Gasteiger partial charge in [-0.1, -0.05) is 23.2 Å². The molecule has 3 N–H and O–H groups in total. The van der Waals surface area contributed by atoms with Crippen LogP contribution in [0.3, 0.4) is 0 Å². The van der Waals surface area contributed by atoms with Crippen LogP contribution in [0.1, 0.15) is 39.5 Å². The molecule has 0 aromatic heterocycles. The normalized spacial score (nSPS) is 20.9. The summed E-state index contributed by atoms with van der Waals surface area (Å²) in [4.78, 5) is 26.8. The number of alkyl halides is 3. The van der Waals surface area contributed by atoms with Crippen LogP contribution in [0.2, 0.25) is 10.0 Å². The third kappa shape index (κ3) is 7.19. The van der Waals surface area contributed by atoms with Crippen molar-refractivity contribution in [1.82, 2.24) is 10.6 Å². The molecule has 39 heavy (non-hydrogen) atoms. The Bertz CT molecular complexity index is 1230. The largest absolute Gasteiger partial charge is 0.476 e. The molecule has 3 atom stereocenters. The zero-order valence-electron chi connectivity index (χ0n) is 21.2. The van der Waals surface area contributed by atoms with Gasteiger partial charge in [0.1, 0.15) is 18.1 Å². The number of fused-ring (bicyclic) bond motifs is 2. The molecule has 3 amide bonds. The van der Waals surface area contributed by atoms with Gasteiger partial charge in [-0.05, 0) is 75.9 Å². The summed E-state index contributed by atoms with van der Waals surface area (Å²) in [6, 6.07) is 7.52. The first-order valence-electron chi connectivity index (χ1n) is 12.4. The molecule has 2 aliphatic heterocycles. The zero-order chi connectivity index (χ0) is 28.5. The number of hydrogen-bond donors (Lipinski definition) is 3. The molecule has 2 aromatic carbocycles. The van der Waals surface area contributed by atoms with E-state index in [0.29, 0.717) is 34.3 Å². The molecule has 2 aromatic rings. The van der Waals surface area contributed by atoms with Crippen LogP contribution in [-0.4, -0.2) is 48.4 Å². The number of piperidine rings is 1.